The van der Waals surface area contributed by atoms with Crippen molar-refractivity contribution in [3.63, 3.8) is 0 Å². The second-order valence-corrected chi connectivity index (χ2v) is 8.29. The van der Waals surface area contributed by atoms with Crippen LogP contribution in [0.1, 0.15) is 0 Å². The molecule has 2 heterocycles. The van der Waals surface area contributed by atoms with Gasteiger partial charge in [0, 0.05) is 27.4 Å². The van der Waals surface area contributed by atoms with E-state index in [4.69, 9.17) is 28.2 Å². The van der Waals surface area contributed by atoms with Crippen LogP contribution in [0.15, 0.2) is 85.1 Å². The van der Waals surface area contributed by atoms with E-state index in [2.05, 4.69) is 22.7 Å². The predicted molar refractivity (Wildman–Crippen MR) is 119 cm³/mol. The van der Waals surface area contributed by atoms with Crippen molar-refractivity contribution in [2.24, 2.45) is 0 Å². The molecular weight excluding hydrogens is 407 g/mol. The second-order valence-electron chi connectivity index (χ2n) is 6.44. The number of benzene rings is 3. The summed E-state index contributed by atoms with van der Waals surface area (Å²) < 4.78 is 2.17. The zero-order valence-corrected chi connectivity index (χ0v) is 17.0. The van der Waals surface area contributed by atoms with Crippen LogP contribution in [0.25, 0.3) is 37.9 Å². The fraction of sp³-hybridized carbons (Fsp3) is 0. The molecule has 5 rings (SSSR count). The minimum Gasteiger partial charge on any atom is -0.289 e. The molecular formula is C23H14Cl2N2S. The Morgan fingerprint density at radius 3 is 1.93 bits per heavy atom. The van der Waals surface area contributed by atoms with Crippen molar-refractivity contribution in [2.45, 2.75) is 0 Å². The van der Waals surface area contributed by atoms with Crippen LogP contribution >= 0.6 is 34.5 Å². The van der Waals surface area contributed by atoms with Gasteiger partial charge in [-0.2, -0.15) is 0 Å². The van der Waals surface area contributed by atoms with Gasteiger partial charge in [0.1, 0.15) is 0 Å². The quantitative estimate of drug-likeness (QED) is 0.292. The van der Waals surface area contributed by atoms with Crippen LogP contribution in [0.3, 0.4) is 0 Å². The zero-order valence-electron chi connectivity index (χ0n) is 14.6. The first-order valence-electron chi connectivity index (χ1n) is 8.78. The monoisotopic (exact) mass is 420 g/mol. The van der Waals surface area contributed by atoms with E-state index in [9.17, 15) is 0 Å². The summed E-state index contributed by atoms with van der Waals surface area (Å²) in [6.45, 7) is 0. The Kier molecular flexibility index (Phi) is 4.44. The van der Waals surface area contributed by atoms with Crippen LogP contribution in [-0.2, 0) is 0 Å². The van der Waals surface area contributed by atoms with E-state index in [0.29, 0.717) is 0 Å². The van der Waals surface area contributed by atoms with Gasteiger partial charge in [-0.05, 0) is 29.8 Å². The average Bonchev–Trinajstić information content (AvgIpc) is 3.28. The number of halogens is 2. The van der Waals surface area contributed by atoms with Crippen LogP contribution in [0.5, 0.6) is 0 Å². The van der Waals surface area contributed by atoms with Gasteiger partial charge < -0.3 is 0 Å². The molecule has 3 aromatic carbocycles. The van der Waals surface area contributed by atoms with Gasteiger partial charge in [0.15, 0.2) is 4.96 Å². The first kappa shape index (κ1) is 17.5. The van der Waals surface area contributed by atoms with Gasteiger partial charge in [0.25, 0.3) is 0 Å². The molecule has 0 saturated heterocycles. The summed E-state index contributed by atoms with van der Waals surface area (Å²) in [6, 6.07) is 26.1. The topological polar surface area (TPSA) is 17.3 Å². The molecule has 0 aliphatic rings. The lowest BCUT2D eigenvalue weighted by atomic mass is 10.1. The van der Waals surface area contributed by atoms with Gasteiger partial charge in [-0.15, -0.1) is 0 Å². The highest BCUT2D eigenvalue weighted by Crippen LogP contribution is 2.41. The van der Waals surface area contributed by atoms with Gasteiger partial charge in [0.2, 0.25) is 0 Å². The molecule has 0 unspecified atom stereocenters. The van der Waals surface area contributed by atoms with E-state index in [1.807, 2.05) is 66.7 Å². The van der Waals surface area contributed by atoms with Gasteiger partial charge in [0.05, 0.1) is 16.3 Å². The first-order chi connectivity index (χ1) is 13.7. The maximum atomic E-state index is 6.12. The fourth-order valence-corrected chi connectivity index (χ4v) is 4.66. The zero-order chi connectivity index (χ0) is 19.1. The van der Waals surface area contributed by atoms with E-state index in [1.165, 1.54) is 0 Å². The van der Waals surface area contributed by atoms with Crippen LogP contribution in [-0.4, -0.2) is 9.38 Å². The van der Waals surface area contributed by atoms with Crippen molar-refractivity contribution < 1.29 is 0 Å². The van der Waals surface area contributed by atoms with Gasteiger partial charge >= 0.3 is 0 Å². The molecule has 0 fully saturated rings. The lowest BCUT2D eigenvalue weighted by molar-refractivity contribution is 1.24. The number of aromatic nitrogens is 2. The summed E-state index contributed by atoms with van der Waals surface area (Å²) in [5.74, 6) is 0. The Morgan fingerprint density at radius 1 is 0.679 bits per heavy atom. The highest BCUT2D eigenvalue weighted by atomic mass is 35.5. The van der Waals surface area contributed by atoms with E-state index >= 15 is 0 Å². The molecule has 28 heavy (non-hydrogen) atoms. The van der Waals surface area contributed by atoms with E-state index in [1.54, 1.807) is 11.3 Å². The number of fused-ring (bicyclic) bond motifs is 1. The second kappa shape index (κ2) is 7.10. The van der Waals surface area contributed by atoms with E-state index in [-0.39, 0.29) is 0 Å². The van der Waals surface area contributed by atoms with Crippen LogP contribution in [0, 0.1) is 0 Å². The van der Waals surface area contributed by atoms with E-state index in [0.717, 1.165) is 48.0 Å². The molecule has 0 aliphatic carbocycles. The maximum Gasteiger partial charge on any atom is 0.195 e. The molecule has 0 aliphatic heterocycles. The number of hydrogen-bond donors (Lipinski definition) is 0. The first-order valence-corrected chi connectivity index (χ1v) is 10.4. The Hall–Kier alpha value is -2.59. The summed E-state index contributed by atoms with van der Waals surface area (Å²) in [4.78, 5) is 6.99. The molecule has 0 amide bonds. The van der Waals surface area contributed by atoms with Crippen molar-refractivity contribution in [2.75, 3.05) is 0 Å². The third-order valence-electron chi connectivity index (χ3n) is 4.62. The molecule has 0 bridgehead atoms. The molecule has 2 aromatic heterocycles. The van der Waals surface area contributed by atoms with Gasteiger partial charge in [-0.1, -0.05) is 89.1 Å². The van der Waals surface area contributed by atoms with Gasteiger partial charge in [-0.25, -0.2) is 4.98 Å². The Morgan fingerprint density at radius 2 is 1.29 bits per heavy atom. The number of rotatable bonds is 3. The smallest absolute Gasteiger partial charge is 0.195 e. The average molecular weight is 421 g/mol. The third-order valence-corrected chi connectivity index (χ3v) is 6.22. The van der Waals surface area contributed by atoms with E-state index < -0.39 is 0 Å². The largest absolute Gasteiger partial charge is 0.289 e. The number of imidazole rings is 1. The lowest BCUT2D eigenvalue weighted by Gasteiger charge is -2.06. The SMILES string of the molecule is Clc1ccc(-c2sc3nc(-c4ccccc4)cn3c2-c2ccc(Cl)cc2)cc1. The number of hydrogen-bond acceptors (Lipinski definition) is 2. The maximum absolute atomic E-state index is 6.12. The van der Waals surface area contributed by atoms with Crippen molar-refractivity contribution in [1.82, 2.24) is 9.38 Å². The fourth-order valence-electron chi connectivity index (χ4n) is 3.27. The number of nitrogens with zero attached hydrogens (tertiary/aromatic N) is 2. The molecule has 0 spiro atoms. The summed E-state index contributed by atoms with van der Waals surface area (Å²) in [6.07, 6.45) is 2.10. The minimum absolute atomic E-state index is 0.721. The molecule has 5 aromatic rings. The molecule has 136 valence electrons. The predicted octanol–water partition coefficient (Wildman–Crippen LogP) is 7.70. The van der Waals surface area contributed by atoms with Crippen LogP contribution in [0.2, 0.25) is 10.0 Å². The third kappa shape index (κ3) is 3.12. The lowest BCUT2D eigenvalue weighted by Crippen LogP contribution is -1.87. The molecule has 0 saturated carbocycles. The highest BCUT2D eigenvalue weighted by molar-refractivity contribution is 7.20. The summed E-state index contributed by atoms with van der Waals surface area (Å²) >= 11 is 13.9. The molecule has 0 N–H and O–H groups in total. The molecule has 5 heteroatoms. The summed E-state index contributed by atoms with van der Waals surface area (Å²) in [5.41, 5.74) is 5.38. The van der Waals surface area contributed by atoms with Gasteiger partial charge in [-0.3, -0.25) is 4.40 Å². The van der Waals surface area contributed by atoms with Crippen molar-refractivity contribution in [3.05, 3.63) is 95.1 Å². The molecule has 0 atom stereocenters. The van der Waals surface area contributed by atoms with Crippen molar-refractivity contribution >= 4 is 39.5 Å². The van der Waals surface area contributed by atoms with Crippen LogP contribution in [0.4, 0.5) is 0 Å². The Labute approximate surface area is 176 Å². The Bertz CT molecular complexity index is 1250. The van der Waals surface area contributed by atoms with Crippen LogP contribution < -0.4 is 0 Å². The summed E-state index contributed by atoms with van der Waals surface area (Å²) in [7, 11) is 0. The highest BCUT2D eigenvalue weighted by Gasteiger charge is 2.18. The normalized spacial score (nSPS) is 11.2. The van der Waals surface area contributed by atoms with Crippen molar-refractivity contribution in [1.29, 1.82) is 0 Å². The number of thiazole rings is 1. The molecule has 2 nitrogen and oxygen atoms in total. The van der Waals surface area contributed by atoms with Crippen molar-refractivity contribution in [3.8, 4) is 33.0 Å². The molecule has 0 radical (unpaired) electrons. The standard InChI is InChI=1S/C23H14Cl2N2S/c24-18-10-6-16(7-11-18)21-22(17-8-12-19(25)13-9-17)28-23-26-20(14-27(21)23)15-4-2-1-3-5-15/h1-14H. The Balaban J connectivity index is 1.75. The summed E-state index contributed by atoms with van der Waals surface area (Å²) in [5, 5.41) is 1.45. The minimum atomic E-state index is 0.721.